The number of rotatable bonds is 7. The minimum atomic E-state index is -3.76. The van der Waals surface area contributed by atoms with Crippen LogP contribution >= 0.6 is 0 Å². The highest BCUT2D eigenvalue weighted by molar-refractivity contribution is 7.92. The first-order valence-electron chi connectivity index (χ1n) is 9.09. The maximum Gasteiger partial charge on any atom is 0.261 e. The minimum Gasteiger partial charge on any atom is -0.489 e. The molecule has 6 nitrogen and oxygen atoms in total. The van der Waals surface area contributed by atoms with Gasteiger partial charge in [0.25, 0.3) is 10.0 Å². The number of H-pyrrole nitrogens is 1. The molecule has 0 atom stereocenters. The van der Waals surface area contributed by atoms with Crippen molar-refractivity contribution in [1.82, 2.24) is 10.2 Å². The summed E-state index contributed by atoms with van der Waals surface area (Å²) in [4.78, 5) is 0.111. The molecule has 1 aromatic heterocycles. The van der Waals surface area contributed by atoms with Crippen LogP contribution in [0.15, 0.2) is 90.0 Å². The van der Waals surface area contributed by atoms with Crippen molar-refractivity contribution in [3.05, 3.63) is 96.4 Å². The van der Waals surface area contributed by atoms with E-state index in [1.807, 2.05) is 30.3 Å². The molecule has 0 saturated carbocycles. The van der Waals surface area contributed by atoms with Gasteiger partial charge in [0.15, 0.2) is 0 Å². The lowest BCUT2D eigenvalue weighted by molar-refractivity contribution is 0.306. The summed E-state index contributed by atoms with van der Waals surface area (Å²) >= 11 is 0. The van der Waals surface area contributed by atoms with Gasteiger partial charge in [0, 0.05) is 11.9 Å². The fourth-order valence-corrected chi connectivity index (χ4v) is 3.87. The lowest BCUT2D eigenvalue weighted by Gasteiger charge is -2.10. The first-order valence-corrected chi connectivity index (χ1v) is 10.6. The molecule has 0 bridgehead atoms. The number of hydrogen-bond acceptors (Lipinski definition) is 4. The molecule has 0 fully saturated rings. The summed E-state index contributed by atoms with van der Waals surface area (Å²) < 4.78 is 46.1. The SMILES string of the molecule is O=S(=O)(Nc1ccc(F)cc1)c1ccc(COc2ccc(-c3ccn[nH]3)cc2)cc1. The number of hydrogen-bond donors (Lipinski definition) is 2. The fourth-order valence-electron chi connectivity index (χ4n) is 2.81. The molecule has 4 aromatic rings. The van der Waals surface area contributed by atoms with E-state index in [0.717, 1.165) is 16.8 Å². The second kappa shape index (κ2) is 8.38. The van der Waals surface area contributed by atoms with Gasteiger partial charge in [0.05, 0.1) is 10.6 Å². The summed E-state index contributed by atoms with van der Waals surface area (Å²) in [6.45, 7) is 0.301. The Balaban J connectivity index is 1.38. The Labute approximate surface area is 173 Å². The van der Waals surface area contributed by atoms with Crippen LogP contribution in [0.4, 0.5) is 10.1 Å². The normalized spacial score (nSPS) is 11.2. The first kappa shape index (κ1) is 19.7. The van der Waals surface area contributed by atoms with Crippen LogP contribution < -0.4 is 9.46 Å². The predicted octanol–water partition coefficient (Wildman–Crippen LogP) is 4.60. The third-order valence-corrected chi connectivity index (χ3v) is 5.80. The van der Waals surface area contributed by atoms with E-state index in [-0.39, 0.29) is 4.90 Å². The molecule has 0 spiro atoms. The number of halogens is 1. The molecule has 30 heavy (non-hydrogen) atoms. The average molecular weight is 423 g/mol. The van der Waals surface area contributed by atoms with E-state index in [1.165, 1.54) is 36.4 Å². The monoisotopic (exact) mass is 423 g/mol. The summed E-state index contributed by atoms with van der Waals surface area (Å²) in [5.41, 5.74) is 3.05. The van der Waals surface area contributed by atoms with Crippen molar-refractivity contribution in [2.24, 2.45) is 0 Å². The van der Waals surface area contributed by atoms with Crippen LogP contribution in [-0.4, -0.2) is 18.6 Å². The minimum absolute atomic E-state index is 0.111. The van der Waals surface area contributed by atoms with Crippen molar-refractivity contribution in [2.45, 2.75) is 11.5 Å². The number of nitrogens with one attached hydrogen (secondary N) is 2. The van der Waals surface area contributed by atoms with E-state index in [4.69, 9.17) is 4.74 Å². The van der Waals surface area contributed by atoms with Crippen molar-refractivity contribution >= 4 is 15.7 Å². The molecule has 0 unspecified atom stereocenters. The van der Waals surface area contributed by atoms with Crippen LogP contribution in [0, 0.1) is 5.82 Å². The van der Waals surface area contributed by atoms with Crippen LogP contribution in [0.2, 0.25) is 0 Å². The molecule has 1 heterocycles. The van der Waals surface area contributed by atoms with Gasteiger partial charge in [0.2, 0.25) is 0 Å². The second-order valence-corrected chi connectivity index (χ2v) is 8.22. The van der Waals surface area contributed by atoms with Crippen molar-refractivity contribution < 1.29 is 17.5 Å². The van der Waals surface area contributed by atoms with Crippen LogP contribution in [-0.2, 0) is 16.6 Å². The van der Waals surface area contributed by atoms with Crippen molar-refractivity contribution in [3.8, 4) is 17.0 Å². The molecule has 4 rings (SSSR count). The number of sulfonamides is 1. The lowest BCUT2D eigenvalue weighted by atomic mass is 10.1. The number of nitrogens with zero attached hydrogens (tertiary/aromatic N) is 1. The Morgan fingerprint density at radius 2 is 1.60 bits per heavy atom. The Kier molecular flexibility index (Phi) is 5.49. The maximum atomic E-state index is 13.0. The quantitative estimate of drug-likeness (QED) is 0.455. The largest absolute Gasteiger partial charge is 0.489 e. The van der Waals surface area contributed by atoms with Gasteiger partial charge in [-0.2, -0.15) is 5.10 Å². The van der Waals surface area contributed by atoms with Crippen molar-refractivity contribution in [3.63, 3.8) is 0 Å². The van der Waals surface area contributed by atoms with Gasteiger partial charge in [0.1, 0.15) is 18.2 Å². The Morgan fingerprint density at radius 1 is 0.900 bits per heavy atom. The van der Waals surface area contributed by atoms with Crippen molar-refractivity contribution in [2.75, 3.05) is 4.72 Å². The van der Waals surface area contributed by atoms with E-state index < -0.39 is 15.8 Å². The molecule has 0 aliphatic carbocycles. The topological polar surface area (TPSA) is 84.1 Å². The van der Waals surface area contributed by atoms with Crippen molar-refractivity contribution in [1.29, 1.82) is 0 Å². The van der Waals surface area contributed by atoms with Gasteiger partial charge in [-0.15, -0.1) is 0 Å². The van der Waals surface area contributed by atoms with Crippen LogP contribution in [0.25, 0.3) is 11.3 Å². The number of aromatic amines is 1. The lowest BCUT2D eigenvalue weighted by Crippen LogP contribution is -2.13. The molecular weight excluding hydrogens is 405 g/mol. The number of aromatic nitrogens is 2. The van der Waals surface area contributed by atoms with Crippen LogP contribution in [0.5, 0.6) is 5.75 Å². The zero-order valence-corrected chi connectivity index (χ0v) is 16.6. The molecule has 0 radical (unpaired) electrons. The van der Waals surface area contributed by atoms with Gasteiger partial charge in [-0.3, -0.25) is 9.82 Å². The number of ether oxygens (including phenoxy) is 1. The van der Waals surface area contributed by atoms with Gasteiger partial charge < -0.3 is 4.74 Å². The van der Waals surface area contributed by atoms with Gasteiger partial charge in [-0.1, -0.05) is 12.1 Å². The molecule has 2 N–H and O–H groups in total. The molecule has 8 heteroatoms. The summed E-state index contributed by atoms with van der Waals surface area (Å²) in [5.74, 6) is 0.270. The highest BCUT2D eigenvalue weighted by Crippen LogP contribution is 2.22. The Hall–Kier alpha value is -3.65. The third-order valence-electron chi connectivity index (χ3n) is 4.40. The van der Waals surface area contributed by atoms with Crippen LogP contribution in [0.3, 0.4) is 0 Å². The zero-order chi connectivity index (χ0) is 21.0. The van der Waals surface area contributed by atoms with Gasteiger partial charge in [-0.25, -0.2) is 12.8 Å². The van der Waals surface area contributed by atoms with Gasteiger partial charge >= 0.3 is 0 Å². The second-order valence-electron chi connectivity index (χ2n) is 6.54. The predicted molar refractivity (Wildman–Crippen MR) is 112 cm³/mol. The standard InChI is InChI=1S/C22H18FN3O3S/c23-18-5-7-19(8-6-18)26-30(27,28)21-11-1-16(2-12-21)15-29-20-9-3-17(4-10-20)22-13-14-24-25-22/h1-14,26H,15H2,(H,24,25). The Bertz CT molecular complexity index is 1210. The van der Waals surface area contributed by atoms with Gasteiger partial charge in [-0.05, 0) is 77.9 Å². The summed E-state index contributed by atoms with van der Waals surface area (Å²) in [6.07, 6.45) is 1.69. The van der Waals surface area contributed by atoms with E-state index in [0.29, 0.717) is 18.0 Å². The maximum absolute atomic E-state index is 13.0. The molecule has 0 saturated heterocycles. The molecule has 3 aromatic carbocycles. The summed E-state index contributed by atoms with van der Waals surface area (Å²) in [5, 5.41) is 6.83. The van der Waals surface area contributed by atoms with Crippen LogP contribution in [0.1, 0.15) is 5.56 Å². The highest BCUT2D eigenvalue weighted by atomic mass is 32.2. The molecule has 0 aliphatic rings. The smallest absolute Gasteiger partial charge is 0.261 e. The van der Waals surface area contributed by atoms with E-state index in [1.54, 1.807) is 18.3 Å². The molecule has 0 amide bonds. The summed E-state index contributed by atoms with van der Waals surface area (Å²) in [6, 6.07) is 21.0. The zero-order valence-electron chi connectivity index (χ0n) is 15.7. The average Bonchev–Trinajstić information content (AvgIpc) is 3.29. The summed E-state index contributed by atoms with van der Waals surface area (Å²) in [7, 11) is -3.76. The molecule has 152 valence electrons. The highest BCUT2D eigenvalue weighted by Gasteiger charge is 2.14. The Morgan fingerprint density at radius 3 is 2.23 bits per heavy atom. The van der Waals surface area contributed by atoms with E-state index in [9.17, 15) is 12.8 Å². The molecular formula is C22H18FN3O3S. The first-order chi connectivity index (χ1) is 14.5. The number of benzene rings is 3. The van der Waals surface area contributed by atoms with E-state index >= 15 is 0 Å². The molecule has 0 aliphatic heterocycles. The van der Waals surface area contributed by atoms with E-state index in [2.05, 4.69) is 14.9 Å². The fraction of sp³-hybridized carbons (Fsp3) is 0.0455. The third kappa shape index (κ3) is 4.66. The number of anilines is 1.